The molecule has 0 bridgehead atoms. The second kappa shape index (κ2) is 6.04. The van der Waals surface area contributed by atoms with Gasteiger partial charge in [0.2, 0.25) is 0 Å². The van der Waals surface area contributed by atoms with Crippen molar-refractivity contribution in [2.45, 2.75) is 6.42 Å². The predicted molar refractivity (Wildman–Crippen MR) is 94.9 cm³/mol. The third-order valence-electron chi connectivity index (χ3n) is 3.93. The molecular weight excluding hydrogens is 300 g/mol. The topological polar surface area (TPSA) is 77.3 Å². The van der Waals surface area contributed by atoms with Crippen LogP contribution in [0.5, 0.6) is 0 Å². The number of hydrogen-bond donors (Lipinski definition) is 3. The van der Waals surface area contributed by atoms with Crippen molar-refractivity contribution < 1.29 is 0 Å². The molecule has 24 heavy (non-hydrogen) atoms. The Morgan fingerprint density at radius 3 is 2.79 bits per heavy atom. The summed E-state index contributed by atoms with van der Waals surface area (Å²) >= 11 is 0. The van der Waals surface area contributed by atoms with E-state index >= 15 is 0 Å². The van der Waals surface area contributed by atoms with Gasteiger partial charge in [-0.15, -0.1) is 0 Å². The molecule has 0 amide bonds. The van der Waals surface area contributed by atoms with Crippen LogP contribution in [-0.2, 0) is 6.42 Å². The van der Waals surface area contributed by atoms with Crippen LogP contribution in [0.15, 0.2) is 59.7 Å². The van der Waals surface area contributed by atoms with E-state index in [1.54, 1.807) is 6.20 Å². The first-order valence-electron chi connectivity index (χ1n) is 7.76. The van der Waals surface area contributed by atoms with Gasteiger partial charge >= 0.3 is 0 Å². The summed E-state index contributed by atoms with van der Waals surface area (Å²) in [5, 5.41) is 1.51. The van der Waals surface area contributed by atoms with Crippen LogP contribution in [0.3, 0.4) is 0 Å². The number of aromatic nitrogens is 4. The summed E-state index contributed by atoms with van der Waals surface area (Å²) in [6.07, 6.45) is 8.16. The van der Waals surface area contributed by atoms with Gasteiger partial charge in [-0.25, -0.2) is 4.98 Å². The van der Waals surface area contributed by atoms with Gasteiger partial charge in [-0.2, -0.15) is 0 Å². The average molecular weight is 316 g/mol. The van der Waals surface area contributed by atoms with Gasteiger partial charge in [0.05, 0.1) is 0 Å². The van der Waals surface area contributed by atoms with E-state index < -0.39 is 0 Å². The van der Waals surface area contributed by atoms with Crippen molar-refractivity contribution in [3.63, 3.8) is 0 Å². The molecule has 3 N–H and O–H groups in total. The molecule has 0 unspecified atom stereocenters. The van der Waals surface area contributed by atoms with Gasteiger partial charge in [-0.1, -0.05) is 30.3 Å². The molecule has 0 saturated heterocycles. The summed E-state index contributed by atoms with van der Waals surface area (Å²) in [6.45, 7) is 0. The molecule has 0 radical (unpaired) electrons. The molecule has 0 fully saturated rings. The third-order valence-corrected chi connectivity index (χ3v) is 3.93. The largest absolute Gasteiger partial charge is 0.346 e. The first-order chi connectivity index (χ1) is 11.8. The van der Waals surface area contributed by atoms with Gasteiger partial charge in [-0.05, 0) is 36.3 Å². The Kier molecular flexibility index (Phi) is 3.59. The maximum atomic E-state index is 12.1. The summed E-state index contributed by atoms with van der Waals surface area (Å²) < 4.78 is 0. The summed E-state index contributed by atoms with van der Waals surface area (Å²) in [7, 11) is 0. The van der Waals surface area contributed by atoms with Gasteiger partial charge < -0.3 is 15.0 Å². The Morgan fingerprint density at radius 1 is 1.04 bits per heavy atom. The molecule has 0 spiro atoms. The first kappa shape index (κ1) is 14.3. The molecule has 0 aliphatic carbocycles. The molecule has 4 rings (SSSR count). The summed E-state index contributed by atoms with van der Waals surface area (Å²) in [5.41, 5.74) is 3.52. The van der Waals surface area contributed by atoms with E-state index in [0.717, 1.165) is 23.0 Å². The molecule has 4 aromatic rings. The fraction of sp³-hybridized carbons (Fsp3) is 0.0526. The highest BCUT2D eigenvalue weighted by Crippen LogP contribution is 2.15. The minimum atomic E-state index is -0.132. The number of rotatable bonds is 3. The maximum absolute atomic E-state index is 12.1. The lowest BCUT2D eigenvalue weighted by molar-refractivity contribution is 1.16. The second-order valence-electron chi connectivity index (χ2n) is 5.59. The third kappa shape index (κ3) is 2.79. The number of nitrogens with one attached hydrogen (secondary N) is 3. The van der Waals surface area contributed by atoms with E-state index in [0.29, 0.717) is 10.8 Å². The maximum Gasteiger partial charge on any atom is 0.273 e. The highest BCUT2D eigenvalue weighted by Gasteiger charge is 2.02. The first-order valence-corrected chi connectivity index (χ1v) is 7.76. The van der Waals surface area contributed by atoms with E-state index in [4.69, 9.17) is 0 Å². The van der Waals surface area contributed by atoms with Gasteiger partial charge in [-0.3, -0.25) is 4.79 Å². The lowest BCUT2D eigenvalue weighted by atomic mass is 10.1. The van der Waals surface area contributed by atoms with E-state index in [-0.39, 0.29) is 5.56 Å². The molecule has 5 heteroatoms. The summed E-state index contributed by atoms with van der Waals surface area (Å²) in [5.74, 6) is 0. The lowest BCUT2D eigenvalue weighted by Gasteiger charge is -1.92. The summed E-state index contributed by atoms with van der Waals surface area (Å²) in [6, 6.07) is 14.0. The highest BCUT2D eigenvalue weighted by molar-refractivity contribution is 5.85. The fourth-order valence-electron chi connectivity index (χ4n) is 2.71. The van der Waals surface area contributed by atoms with Crippen LogP contribution in [0.4, 0.5) is 0 Å². The quantitative estimate of drug-likeness (QED) is 0.535. The van der Waals surface area contributed by atoms with E-state index in [2.05, 4.69) is 32.1 Å². The zero-order valence-corrected chi connectivity index (χ0v) is 12.9. The molecule has 3 aromatic heterocycles. The van der Waals surface area contributed by atoms with Crippen molar-refractivity contribution in [2.24, 2.45) is 0 Å². The van der Waals surface area contributed by atoms with Crippen molar-refractivity contribution >= 4 is 23.2 Å². The Labute approximate surface area is 137 Å². The number of imidazole rings is 1. The van der Waals surface area contributed by atoms with Crippen LogP contribution in [0.25, 0.3) is 23.2 Å². The van der Waals surface area contributed by atoms with Gasteiger partial charge in [0.1, 0.15) is 16.5 Å². The average Bonchev–Trinajstić information content (AvgIpc) is 3.18. The molecule has 3 heterocycles. The molecular formula is C19H16N4O. The molecule has 1 aromatic carbocycles. The molecule has 118 valence electrons. The monoisotopic (exact) mass is 316 g/mol. The van der Waals surface area contributed by atoms with Crippen LogP contribution in [0.1, 0.15) is 11.1 Å². The van der Waals surface area contributed by atoms with Crippen LogP contribution in [-0.4, -0.2) is 19.9 Å². The fourth-order valence-corrected chi connectivity index (χ4v) is 2.71. The Hall–Kier alpha value is -3.34. The van der Waals surface area contributed by atoms with E-state index in [9.17, 15) is 4.79 Å². The standard InChI is InChI=1S/C19H16N4O/c24-19-16(11-14-12-21-18-15(14)7-4-10-20-18)22-17(23-19)9-8-13-5-2-1-3-6-13/h1-7,9-12,22H,8H2,(H,20,21)(H,23,24)/b16-11-,17-9+. The Morgan fingerprint density at radius 2 is 1.92 bits per heavy atom. The normalized spacial score (nSPS) is 13.0. The van der Waals surface area contributed by atoms with E-state index in [1.165, 1.54) is 5.56 Å². The number of pyridine rings is 1. The summed E-state index contributed by atoms with van der Waals surface area (Å²) in [4.78, 5) is 25.5. The van der Waals surface area contributed by atoms with Crippen LogP contribution in [0.2, 0.25) is 0 Å². The predicted octanol–water partition coefficient (Wildman–Crippen LogP) is 1.43. The zero-order valence-electron chi connectivity index (χ0n) is 12.9. The molecule has 5 nitrogen and oxygen atoms in total. The van der Waals surface area contributed by atoms with Crippen molar-refractivity contribution in [1.29, 1.82) is 0 Å². The van der Waals surface area contributed by atoms with Gasteiger partial charge in [0, 0.05) is 23.3 Å². The molecule has 0 atom stereocenters. The van der Waals surface area contributed by atoms with E-state index in [1.807, 2.05) is 48.7 Å². The molecule has 0 aliphatic rings. The van der Waals surface area contributed by atoms with Crippen LogP contribution < -0.4 is 16.4 Å². The Balaban J connectivity index is 1.72. The zero-order chi connectivity index (χ0) is 16.4. The number of aromatic amines is 3. The minimum absolute atomic E-state index is 0.132. The number of hydrogen-bond acceptors (Lipinski definition) is 2. The highest BCUT2D eigenvalue weighted by atomic mass is 16.1. The number of fused-ring (bicyclic) bond motifs is 1. The number of nitrogens with zero attached hydrogens (tertiary/aromatic N) is 1. The van der Waals surface area contributed by atoms with Crippen molar-refractivity contribution in [3.05, 3.63) is 87.2 Å². The van der Waals surface area contributed by atoms with Crippen molar-refractivity contribution in [1.82, 2.24) is 19.9 Å². The van der Waals surface area contributed by atoms with Gasteiger partial charge in [0.25, 0.3) is 5.56 Å². The van der Waals surface area contributed by atoms with Crippen LogP contribution >= 0.6 is 0 Å². The molecule has 0 saturated carbocycles. The van der Waals surface area contributed by atoms with Gasteiger partial charge in [0.15, 0.2) is 0 Å². The SMILES string of the molecule is O=c1[nH]/c(=C/Cc2ccccc2)[nH]/c1=C\c1c[nH]c2ncccc12. The number of benzene rings is 1. The second-order valence-corrected chi connectivity index (χ2v) is 5.59. The van der Waals surface area contributed by atoms with Crippen molar-refractivity contribution in [3.8, 4) is 0 Å². The molecule has 0 aliphatic heterocycles. The van der Waals surface area contributed by atoms with Crippen molar-refractivity contribution in [2.75, 3.05) is 0 Å². The van der Waals surface area contributed by atoms with Crippen LogP contribution in [0, 0.1) is 0 Å². The smallest absolute Gasteiger partial charge is 0.273 e. The lowest BCUT2D eigenvalue weighted by Crippen LogP contribution is -2.22. The minimum Gasteiger partial charge on any atom is -0.346 e. The Bertz CT molecular complexity index is 1150. The number of H-pyrrole nitrogens is 3.